The van der Waals surface area contributed by atoms with Crippen LogP contribution in [0.3, 0.4) is 0 Å². The van der Waals surface area contributed by atoms with Crippen molar-refractivity contribution in [2.75, 3.05) is 0 Å². The number of rotatable bonds is 3. The topological polar surface area (TPSA) is 12.0 Å². The monoisotopic (exact) mass is 309 g/mol. The molecule has 6 heteroatoms. The van der Waals surface area contributed by atoms with Crippen molar-refractivity contribution in [1.82, 2.24) is 5.32 Å². The van der Waals surface area contributed by atoms with Gasteiger partial charge in [-0.1, -0.05) is 18.0 Å². The van der Waals surface area contributed by atoms with Gasteiger partial charge in [-0.15, -0.1) is 0 Å². The maximum Gasteiger partial charge on any atom is 0.391 e. The number of hydrogen-bond donors (Lipinski definition) is 1. The minimum Gasteiger partial charge on any atom is -0.310 e. The summed E-state index contributed by atoms with van der Waals surface area (Å²) < 4.78 is 51.2. The van der Waals surface area contributed by atoms with Crippen LogP contribution in [-0.2, 0) is 6.54 Å². The molecule has 1 fully saturated rings. The lowest BCUT2D eigenvalue weighted by atomic mass is 9.85. The molecular formula is C14H16ClF4N. The molecule has 1 N–H and O–H groups in total. The minimum absolute atomic E-state index is 0.0898. The zero-order valence-corrected chi connectivity index (χ0v) is 11.6. The molecule has 0 amide bonds. The van der Waals surface area contributed by atoms with Crippen LogP contribution in [0.5, 0.6) is 0 Å². The standard InChI is InChI=1S/C14H16ClF4N/c15-11-4-9(5-12(16)7-11)8-20-13-3-1-2-10(6-13)14(17,18)19/h4-5,7,10,13,20H,1-3,6,8H2. The van der Waals surface area contributed by atoms with E-state index in [1.165, 1.54) is 12.1 Å². The molecule has 2 rings (SSSR count). The van der Waals surface area contributed by atoms with Crippen LogP contribution in [0.2, 0.25) is 5.02 Å². The second-order valence-corrected chi connectivity index (χ2v) is 5.70. The summed E-state index contributed by atoms with van der Waals surface area (Å²) in [6.07, 6.45) is -2.55. The number of benzene rings is 1. The van der Waals surface area contributed by atoms with Gasteiger partial charge in [-0.05, 0) is 43.0 Å². The third kappa shape index (κ3) is 4.35. The molecule has 0 heterocycles. The summed E-state index contributed by atoms with van der Waals surface area (Å²) in [5.74, 6) is -1.67. The van der Waals surface area contributed by atoms with Gasteiger partial charge in [0.25, 0.3) is 0 Å². The highest BCUT2D eigenvalue weighted by Crippen LogP contribution is 2.37. The number of alkyl halides is 3. The minimum atomic E-state index is -4.12. The van der Waals surface area contributed by atoms with Gasteiger partial charge < -0.3 is 5.32 Å². The number of nitrogens with one attached hydrogen (secondary N) is 1. The molecule has 0 aromatic heterocycles. The van der Waals surface area contributed by atoms with Crippen LogP contribution >= 0.6 is 11.6 Å². The predicted octanol–water partition coefficient (Wildman–Crippen LogP) is 4.69. The fraction of sp³-hybridized carbons (Fsp3) is 0.571. The normalized spacial score (nSPS) is 23.9. The van der Waals surface area contributed by atoms with Gasteiger partial charge in [0, 0.05) is 17.6 Å². The van der Waals surface area contributed by atoms with Gasteiger partial charge >= 0.3 is 6.18 Å². The van der Waals surface area contributed by atoms with Crippen LogP contribution in [-0.4, -0.2) is 12.2 Å². The summed E-state index contributed by atoms with van der Waals surface area (Å²) in [6, 6.07) is 3.97. The Morgan fingerprint density at radius 2 is 1.95 bits per heavy atom. The molecule has 0 aliphatic heterocycles. The van der Waals surface area contributed by atoms with Crippen molar-refractivity contribution in [3.8, 4) is 0 Å². The zero-order valence-electron chi connectivity index (χ0n) is 10.8. The molecule has 0 bridgehead atoms. The van der Waals surface area contributed by atoms with Crippen LogP contribution in [0.15, 0.2) is 18.2 Å². The summed E-state index contributed by atoms with van der Waals surface area (Å²) >= 11 is 5.74. The SMILES string of the molecule is Fc1cc(Cl)cc(CNC2CCCC(C(F)(F)F)C2)c1. The lowest BCUT2D eigenvalue weighted by molar-refractivity contribution is -0.183. The molecule has 1 nitrogen and oxygen atoms in total. The summed E-state index contributed by atoms with van der Waals surface area (Å²) in [5, 5.41) is 3.36. The highest BCUT2D eigenvalue weighted by atomic mass is 35.5. The molecule has 0 saturated heterocycles. The maximum absolute atomic E-state index is 13.2. The molecule has 1 aromatic rings. The van der Waals surface area contributed by atoms with Crippen molar-refractivity contribution < 1.29 is 17.6 Å². The molecule has 1 aromatic carbocycles. The van der Waals surface area contributed by atoms with E-state index < -0.39 is 17.9 Å². The van der Waals surface area contributed by atoms with Crippen LogP contribution in [0, 0.1) is 11.7 Å². The third-order valence-electron chi connectivity index (χ3n) is 3.65. The highest BCUT2D eigenvalue weighted by molar-refractivity contribution is 6.30. The molecule has 1 aliphatic carbocycles. The van der Waals surface area contributed by atoms with Gasteiger partial charge in [-0.2, -0.15) is 13.2 Å². The Kier molecular flexibility index (Phi) is 4.91. The first-order valence-electron chi connectivity index (χ1n) is 6.59. The smallest absolute Gasteiger partial charge is 0.310 e. The van der Waals surface area contributed by atoms with E-state index in [9.17, 15) is 17.6 Å². The van der Waals surface area contributed by atoms with E-state index >= 15 is 0 Å². The van der Waals surface area contributed by atoms with Crippen molar-refractivity contribution in [3.63, 3.8) is 0 Å². The Bertz CT molecular complexity index is 441. The quantitative estimate of drug-likeness (QED) is 0.799. The Morgan fingerprint density at radius 1 is 1.20 bits per heavy atom. The number of halogens is 5. The van der Waals surface area contributed by atoms with E-state index in [4.69, 9.17) is 11.6 Å². The summed E-state index contributed by atoms with van der Waals surface area (Å²) in [5.41, 5.74) is 0.643. The molecular weight excluding hydrogens is 294 g/mol. The van der Waals surface area contributed by atoms with Gasteiger partial charge in [-0.3, -0.25) is 0 Å². The van der Waals surface area contributed by atoms with E-state index in [0.717, 1.165) is 6.42 Å². The van der Waals surface area contributed by atoms with Gasteiger partial charge in [0.1, 0.15) is 5.82 Å². The number of hydrogen-bond acceptors (Lipinski definition) is 1. The lowest BCUT2D eigenvalue weighted by Crippen LogP contribution is -2.38. The van der Waals surface area contributed by atoms with Crippen LogP contribution in [0.25, 0.3) is 0 Å². The molecule has 1 aliphatic rings. The fourth-order valence-electron chi connectivity index (χ4n) is 2.65. The highest BCUT2D eigenvalue weighted by Gasteiger charge is 2.41. The van der Waals surface area contributed by atoms with E-state index in [-0.39, 0.29) is 18.9 Å². The van der Waals surface area contributed by atoms with E-state index in [1.54, 1.807) is 6.07 Å². The van der Waals surface area contributed by atoms with Gasteiger partial charge in [0.15, 0.2) is 0 Å². The fourth-order valence-corrected chi connectivity index (χ4v) is 2.89. The first kappa shape index (κ1) is 15.6. The Labute approximate surface area is 120 Å². The first-order valence-corrected chi connectivity index (χ1v) is 6.97. The van der Waals surface area contributed by atoms with E-state index in [0.29, 0.717) is 23.6 Å². The second-order valence-electron chi connectivity index (χ2n) is 5.26. The molecule has 20 heavy (non-hydrogen) atoms. The Balaban J connectivity index is 1.90. The second kappa shape index (κ2) is 6.31. The van der Waals surface area contributed by atoms with Gasteiger partial charge in [0.2, 0.25) is 0 Å². The van der Waals surface area contributed by atoms with Crippen LogP contribution in [0.4, 0.5) is 17.6 Å². The molecule has 1 saturated carbocycles. The summed E-state index contributed by atoms with van der Waals surface area (Å²) in [4.78, 5) is 0. The summed E-state index contributed by atoms with van der Waals surface area (Å²) in [6.45, 7) is 0.326. The molecule has 0 radical (unpaired) electrons. The first-order chi connectivity index (χ1) is 9.34. The van der Waals surface area contributed by atoms with Crippen LogP contribution < -0.4 is 5.32 Å². The van der Waals surface area contributed by atoms with E-state index in [1.807, 2.05) is 0 Å². The Morgan fingerprint density at radius 3 is 2.60 bits per heavy atom. The maximum atomic E-state index is 13.2. The van der Waals surface area contributed by atoms with Crippen molar-refractivity contribution in [1.29, 1.82) is 0 Å². The Hall–Kier alpha value is -0.810. The van der Waals surface area contributed by atoms with Gasteiger partial charge in [-0.25, -0.2) is 4.39 Å². The van der Waals surface area contributed by atoms with Gasteiger partial charge in [0.05, 0.1) is 5.92 Å². The van der Waals surface area contributed by atoms with Crippen molar-refractivity contribution in [2.45, 2.75) is 44.4 Å². The zero-order chi connectivity index (χ0) is 14.8. The average molecular weight is 310 g/mol. The van der Waals surface area contributed by atoms with Crippen LogP contribution in [0.1, 0.15) is 31.2 Å². The largest absolute Gasteiger partial charge is 0.391 e. The van der Waals surface area contributed by atoms with Crippen molar-refractivity contribution >= 4 is 11.6 Å². The predicted molar refractivity (Wildman–Crippen MR) is 70.1 cm³/mol. The molecule has 0 spiro atoms. The average Bonchev–Trinajstić information content (AvgIpc) is 2.35. The molecule has 112 valence electrons. The van der Waals surface area contributed by atoms with E-state index in [2.05, 4.69) is 5.32 Å². The lowest BCUT2D eigenvalue weighted by Gasteiger charge is -2.31. The molecule has 2 unspecified atom stereocenters. The molecule has 2 atom stereocenters. The summed E-state index contributed by atoms with van der Waals surface area (Å²) in [7, 11) is 0. The third-order valence-corrected chi connectivity index (χ3v) is 3.87. The van der Waals surface area contributed by atoms with Crippen molar-refractivity contribution in [2.24, 2.45) is 5.92 Å². The van der Waals surface area contributed by atoms with Crippen molar-refractivity contribution in [3.05, 3.63) is 34.6 Å².